The summed E-state index contributed by atoms with van der Waals surface area (Å²) in [7, 11) is 0. The van der Waals surface area contributed by atoms with E-state index < -0.39 is 0 Å². The van der Waals surface area contributed by atoms with E-state index >= 15 is 0 Å². The molecule has 4 heteroatoms. The molecule has 0 bridgehead atoms. The van der Waals surface area contributed by atoms with E-state index in [0.29, 0.717) is 12.2 Å². The molecule has 0 aliphatic rings. The molecule has 1 aromatic rings. The molecule has 0 saturated heterocycles. The summed E-state index contributed by atoms with van der Waals surface area (Å²) < 4.78 is 0. The molecule has 0 aliphatic heterocycles. The van der Waals surface area contributed by atoms with Gasteiger partial charge in [-0.25, -0.2) is 0 Å². The molecule has 4 nitrogen and oxygen atoms in total. The summed E-state index contributed by atoms with van der Waals surface area (Å²) in [4.78, 5) is 14.2. The number of aromatic nitrogens is 1. The summed E-state index contributed by atoms with van der Waals surface area (Å²) in [5.41, 5.74) is 6.48. The maximum atomic E-state index is 10.4. The van der Waals surface area contributed by atoms with Crippen LogP contribution in [0.4, 0.5) is 5.69 Å². The lowest BCUT2D eigenvalue weighted by Gasteiger charge is -2.03. The maximum absolute atomic E-state index is 10.4. The van der Waals surface area contributed by atoms with E-state index in [1.807, 2.05) is 0 Å². The molecular weight excluding hydrogens is 142 g/mol. The average Bonchev–Trinajstić information content (AvgIpc) is 2.06. The number of hydrogen-bond acceptors (Lipinski definition) is 4. The van der Waals surface area contributed by atoms with E-state index in [9.17, 15) is 4.79 Å². The van der Waals surface area contributed by atoms with E-state index in [2.05, 4.69) is 10.3 Å². The van der Waals surface area contributed by atoms with Crippen molar-refractivity contribution in [1.29, 1.82) is 0 Å². The lowest BCUT2D eigenvalue weighted by atomic mass is 10.2. The van der Waals surface area contributed by atoms with Crippen molar-refractivity contribution in [2.24, 2.45) is 5.73 Å². The molecule has 0 unspecified atom stereocenters. The van der Waals surface area contributed by atoms with E-state index in [0.717, 1.165) is 12.0 Å². The van der Waals surface area contributed by atoms with Crippen LogP contribution in [0.3, 0.4) is 0 Å². The van der Waals surface area contributed by atoms with Crippen LogP contribution in [-0.2, 0) is 0 Å². The Bertz CT molecular complexity index is 249. The Labute approximate surface area is 64.4 Å². The van der Waals surface area contributed by atoms with Crippen molar-refractivity contribution < 1.29 is 4.79 Å². The van der Waals surface area contributed by atoms with Gasteiger partial charge in [-0.1, -0.05) is 0 Å². The van der Waals surface area contributed by atoms with Gasteiger partial charge in [0.05, 0.1) is 12.2 Å². The van der Waals surface area contributed by atoms with Gasteiger partial charge in [0.25, 0.3) is 0 Å². The Balaban J connectivity index is 2.92. The molecule has 0 amide bonds. The number of pyridine rings is 1. The van der Waals surface area contributed by atoms with Crippen LogP contribution in [-0.4, -0.2) is 17.9 Å². The van der Waals surface area contributed by atoms with Crippen LogP contribution >= 0.6 is 0 Å². The highest BCUT2D eigenvalue weighted by Gasteiger charge is 1.96. The molecule has 3 N–H and O–H groups in total. The topological polar surface area (TPSA) is 68.0 Å². The van der Waals surface area contributed by atoms with E-state index in [-0.39, 0.29) is 0 Å². The summed E-state index contributed by atoms with van der Waals surface area (Å²) in [5, 5.41) is 2.83. The third-order valence-corrected chi connectivity index (χ3v) is 1.27. The molecule has 11 heavy (non-hydrogen) atoms. The first-order chi connectivity index (χ1) is 5.38. The molecule has 0 aromatic carbocycles. The van der Waals surface area contributed by atoms with Crippen molar-refractivity contribution in [3.8, 4) is 0 Å². The smallest absolute Gasteiger partial charge is 0.153 e. The second-order valence-corrected chi connectivity index (χ2v) is 1.96. The summed E-state index contributed by atoms with van der Waals surface area (Å²) >= 11 is 0. The number of carbonyl (C=O) groups is 1. The predicted molar refractivity (Wildman–Crippen MR) is 42.3 cm³/mol. The number of nitrogens with one attached hydrogen (secondary N) is 1. The molecule has 1 heterocycles. The molecular formula is C7H9N3O. The van der Waals surface area contributed by atoms with Crippen LogP contribution in [0.5, 0.6) is 0 Å². The van der Waals surface area contributed by atoms with Crippen molar-refractivity contribution in [2.75, 3.05) is 12.0 Å². The zero-order valence-electron chi connectivity index (χ0n) is 5.95. The Kier molecular flexibility index (Phi) is 2.57. The summed E-state index contributed by atoms with van der Waals surface area (Å²) in [5.74, 6) is 0. The minimum atomic E-state index is 0.310. The SMILES string of the molecule is NCNc1ccncc1C=O. The number of anilines is 1. The van der Waals surface area contributed by atoms with Gasteiger partial charge in [0.1, 0.15) is 0 Å². The zero-order valence-corrected chi connectivity index (χ0v) is 5.95. The monoisotopic (exact) mass is 151 g/mol. The third kappa shape index (κ3) is 1.75. The van der Waals surface area contributed by atoms with Gasteiger partial charge in [0.2, 0.25) is 0 Å². The Morgan fingerprint density at radius 1 is 1.73 bits per heavy atom. The number of hydrogen-bond donors (Lipinski definition) is 2. The minimum Gasteiger partial charge on any atom is -0.372 e. The second-order valence-electron chi connectivity index (χ2n) is 1.96. The Hall–Kier alpha value is -1.42. The number of aldehydes is 1. The van der Waals surface area contributed by atoms with Gasteiger partial charge in [-0.05, 0) is 6.07 Å². The highest BCUT2D eigenvalue weighted by atomic mass is 16.1. The highest BCUT2D eigenvalue weighted by Crippen LogP contribution is 2.09. The standard InChI is InChI=1S/C7H9N3O/c8-5-10-7-1-2-9-3-6(7)4-11/h1-4H,5,8H2,(H,9,10). The Morgan fingerprint density at radius 2 is 2.55 bits per heavy atom. The molecule has 0 atom stereocenters. The van der Waals surface area contributed by atoms with Gasteiger partial charge in [0.15, 0.2) is 6.29 Å². The van der Waals surface area contributed by atoms with Gasteiger partial charge < -0.3 is 11.1 Å². The van der Waals surface area contributed by atoms with Gasteiger partial charge in [0, 0.05) is 18.1 Å². The molecule has 0 saturated carbocycles. The van der Waals surface area contributed by atoms with Crippen molar-refractivity contribution in [3.05, 3.63) is 24.0 Å². The molecule has 0 fully saturated rings. The lowest BCUT2D eigenvalue weighted by molar-refractivity contribution is 0.112. The van der Waals surface area contributed by atoms with Crippen LogP contribution in [0.2, 0.25) is 0 Å². The molecule has 1 rings (SSSR count). The summed E-state index contributed by atoms with van der Waals surface area (Å²) in [6.45, 7) is 0.310. The minimum absolute atomic E-state index is 0.310. The number of nitrogens with zero attached hydrogens (tertiary/aromatic N) is 1. The lowest BCUT2D eigenvalue weighted by Crippen LogP contribution is -2.12. The summed E-state index contributed by atoms with van der Waals surface area (Å²) in [6.07, 6.45) is 3.83. The van der Waals surface area contributed by atoms with Crippen molar-refractivity contribution in [3.63, 3.8) is 0 Å². The van der Waals surface area contributed by atoms with Gasteiger partial charge >= 0.3 is 0 Å². The van der Waals surface area contributed by atoms with Crippen LogP contribution in [0.25, 0.3) is 0 Å². The molecule has 58 valence electrons. The first kappa shape index (κ1) is 7.68. The van der Waals surface area contributed by atoms with Crippen molar-refractivity contribution in [2.45, 2.75) is 0 Å². The molecule has 0 radical (unpaired) electrons. The number of nitrogens with two attached hydrogens (primary N) is 1. The Morgan fingerprint density at radius 3 is 3.18 bits per heavy atom. The van der Waals surface area contributed by atoms with E-state index in [4.69, 9.17) is 5.73 Å². The van der Waals surface area contributed by atoms with E-state index in [1.54, 1.807) is 12.3 Å². The largest absolute Gasteiger partial charge is 0.372 e. The third-order valence-electron chi connectivity index (χ3n) is 1.27. The normalized spacial score (nSPS) is 9.18. The fraction of sp³-hybridized carbons (Fsp3) is 0.143. The predicted octanol–water partition coefficient (Wildman–Crippen LogP) is 0.222. The van der Waals surface area contributed by atoms with E-state index in [1.165, 1.54) is 6.20 Å². The second kappa shape index (κ2) is 3.68. The van der Waals surface area contributed by atoms with Crippen LogP contribution < -0.4 is 11.1 Å². The maximum Gasteiger partial charge on any atom is 0.153 e. The van der Waals surface area contributed by atoms with Gasteiger partial charge in [-0.3, -0.25) is 9.78 Å². The van der Waals surface area contributed by atoms with Crippen LogP contribution in [0, 0.1) is 0 Å². The summed E-state index contributed by atoms with van der Waals surface area (Å²) in [6, 6.07) is 1.70. The number of rotatable bonds is 3. The van der Waals surface area contributed by atoms with Crippen molar-refractivity contribution >= 4 is 12.0 Å². The first-order valence-corrected chi connectivity index (χ1v) is 3.21. The quantitative estimate of drug-likeness (QED) is 0.479. The highest BCUT2D eigenvalue weighted by molar-refractivity contribution is 5.83. The van der Waals surface area contributed by atoms with Crippen molar-refractivity contribution in [1.82, 2.24) is 4.98 Å². The molecule has 1 aromatic heterocycles. The molecule has 0 aliphatic carbocycles. The van der Waals surface area contributed by atoms with Crippen LogP contribution in [0.1, 0.15) is 10.4 Å². The van der Waals surface area contributed by atoms with Gasteiger partial charge in [-0.2, -0.15) is 0 Å². The first-order valence-electron chi connectivity index (χ1n) is 3.21. The van der Waals surface area contributed by atoms with Gasteiger partial charge in [-0.15, -0.1) is 0 Å². The fourth-order valence-electron chi connectivity index (χ4n) is 0.772. The average molecular weight is 151 g/mol. The van der Waals surface area contributed by atoms with Crippen LogP contribution in [0.15, 0.2) is 18.5 Å². The number of carbonyl (C=O) groups excluding carboxylic acids is 1. The molecule has 0 spiro atoms. The fourth-order valence-corrected chi connectivity index (χ4v) is 0.772. The zero-order chi connectivity index (χ0) is 8.10.